The van der Waals surface area contributed by atoms with E-state index in [1.165, 1.54) is 18.2 Å². The molecular weight excluding hydrogens is 264 g/mol. The van der Waals surface area contributed by atoms with Crippen molar-refractivity contribution in [1.29, 1.82) is 0 Å². The molecule has 1 aliphatic heterocycles. The van der Waals surface area contributed by atoms with Crippen molar-refractivity contribution in [2.75, 3.05) is 18.5 Å². The van der Waals surface area contributed by atoms with Gasteiger partial charge in [0.2, 0.25) is 0 Å². The molecule has 2 rings (SSSR count). The number of rotatable bonds is 6. The number of nitrogens with zero attached hydrogens (tertiary/aromatic N) is 1. The summed E-state index contributed by atoms with van der Waals surface area (Å²) in [6.07, 6.45) is 2.85. The number of benzene rings is 1. The van der Waals surface area contributed by atoms with Gasteiger partial charge in [-0.1, -0.05) is 6.07 Å². The lowest BCUT2D eigenvalue weighted by atomic mass is 10.1. The van der Waals surface area contributed by atoms with Crippen molar-refractivity contribution in [3.8, 4) is 0 Å². The summed E-state index contributed by atoms with van der Waals surface area (Å²) in [5.74, 6) is -1.19. The van der Waals surface area contributed by atoms with Gasteiger partial charge in [-0.25, -0.2) is 4.79 Å². The van der Waals surface area contributed by atoms with Gasteiger partial charge in [-0.05, 0) is 25.3 Å². The summed E-state index contributed by atoms with van der Waals surface area (Å²) in [6, 6.07) is 4.01. The molecule has 1 fully saturated rings. The molecule has 0 spiro atoms. The van der Waals surface area contributed by atoms with Crippen molar-refractivity contribution in [2.45, 2.75) is 25.4 Å². The molecule has 7 nitrogen and oxygen atoms in total. The van der Waals surface area contributed by atoms with Gasteiger partial charge in [0.15, 0.2) is 0 Å². The Morgan fingerprint density at radius 2 is 2.35 bits per heavy atom. The number of aromatic carboxylic acids is 1. The van der Waals surface area contributed by atoms with E-state index in [2.05, 4.69) is 5.32 Å². The molecule has 1 unspecified atom stereocenters. The molecule has 1 heterocycles. The van der Waals surface area contributed by atoms with E-state index < -0.39 is 10.9 Å². The Balaban J connectivity index is 2.10. The molecule has 1 aromatic rings. The molecule has 0 aliphatic carbocycles. The fourth-order valence-corrected chi connectivity index (χ4v) is 2.29. The second-order valence-electron chi connectivity index (χ2n) is 4.61. The smallest absolute Gasteiger partial charge is 0.338 e. The standard InChI is InChI=1S/C13H16N2O5/c16-13(17)10-4-1-5-11(15(18)19)12(10)14-7-6-9-3-2-8-20-9/h1,4-5,9,14H,2-3,6-8H2,(H,16,17). The highest BCUT2D eigenvalue weighted by Gasteiger charge is 2.22. The number of nitro groups is 1. The lowest BCUT2D eigenvalue weighted by Gasteiger charge is -2.12. The Morgan fingerprint density at radius 1 is 1.55 bits per heavy atom. The fourth-order valence-electron chi connectivity index (χ4n) is 2.29. The summed E-state index contributed by atoms with van der Waals surface area (Å²) >= 11 is 0. The Morgan fingerprint density at radius 3 is 2.95 bits per heavy atom. The van der Waals surface area contributed by atoms with Crippen LogP contribution in [0.5, 0.6) is 0 Å². The largest absolute Gasteiger partial charge is 0.478 e. The van der Waals surface area contributed by atoms with Gasteiger partial charge in [0.25, 0.3) is 5.69 Å². The molecule has 0 aromatic heterocycles. The van der Waals surface area contributed by atoms with Gasteiger partial charge in [0, 0.05) is 19.2 Å². The fraction of sp³-hybridized carbons (Fsp3) is 0.462. The average molecular weight is 280 g/mol. The molecule has 1 aromatic carbocycles. The molecule has 0 saturated carbocycles. The van der Waals surface area contributed by atoms with Crippen LogP contribution in [0.4, 0.5) is 11.4 Å². The van der Waals surface area contributed by atoms with Gasteiger partial charge in [-0.2, -0.15) is 0 Å². The molecule has 20 heavy (non-hydrogen) atoms. The highest BCUT2D eigenvalue weighted by molar-refractivity contribution is 5.96. The van der Waals surface area contributed by atoms with Crippen LogP contribution in [0.2, 0.25) is 0 Å². The Bertz CT molecular complexity index is 479. The van der Waals surface area contributed by atoms with E-state index in [1.54, 1.807) is 0 Å². The predicted octanol–water partition coefficient (Wildman–Crippen LogP) is 2.27. The van der Waals surface area contributed by atoms with Gasteiger partial charge in [-0.15, -0.1) is 0 Å². The number of nitrogens with one attached hydrogen (secondary N) is 1. The molecule has 7 heteroatoms. The summed E-state index contributed by atoms with van der Waals surface area (Å²) in [6.45, 7) is 1.19. The highest BCUT2D eigenvalue weighted by atomic mass is 16.6. The summed E-state index contributed by atoms with van der Waals surface area (Å²) in [7, 11) is 0. The van der Waals surface area contributed by atoms with Crippen molar-refractivity contribution >= 4 is 17.3 Å². The van der Waals surface area contributed by atoms with Crippen LogP contribution >= 0.6 is 0 Å². The maximum atomic E-state index is 11.1. The number of carbonyl (C=O) groups is 1. The quantitative estimate of drug-likeness (QED) is 0.612. The Kier molecular flexibility index (Phi) is 4.52. The number of carboxylic acids is 1. The lowest BCUT2D eigenvalue weighted by Crippen LogP contribution is -2.15. The van der Waals surface area contributed by atoms with Crippen LogP contribution in [0.3, 0.4) is 0 Å². The topological polar surface area (TPSA) is 102 Å². The molecule has 108 valence electrons. The van der Waals surface area contributed by atoms with Gasteiger partial charge in [-0.3, -0.25) is 10.1 Å². The minimum absolute atomic E-state index is 0.0583. The van der Waals surface area contributed by atoms with Crippen LogP contribution in [0.1, 0.15) is 29.6 Å². The number of hydrogen-bond acceptors (Lipinski definition) is 5. The second-order valence-corrected chi connectivity index (χ2v) is 4.61. The zero-order valence-electron chi connectivity index (χ0n) is 10.9. The van der Waals surface area contributed by atoms with Crippen LogP contribution in [0, 0.1) is 10.1 Å². The zero-order valence-corrected chi connectivity index (χ0v) is 10.9. The third-order valence-corrected chi connectivity index (χ3v) is 3.26. The number of ether oxygens (including phenoxy) is 1. The predicted molar refractivity (Wildman–Crippen MR) is 72.1 cm³/mol. The molecule has 1 saturated heterocycles. The summed E-state index contributed by atoms with van der Waals surface area (Å²) in [4.78, 5) is 21.5. The molecule has 0 radical (unpaired) electrons. The summed E-state index contributed by atoms with van der Waals surface area (Å²) in [5, 5.41) is 22.9. The maximum absolute atomic E-state index is 11.1. The third kappa shape index (κ3) is 3.24. The Labute approximate surface area is 115 Å². The number of para-hydroxylation sites is 1. The minimum atomic E-state index is -1.19. The SMILES string of the molecule is O=C(O)c1cccc([N+](=O)[O-])c1NCCC1CCCO1. The van der Waals surface area contributed by atoms with E-state index in [1.807, 2.05) is 0 Å². The first-order valence-electron chi connectivity index (χ1n) is 6.45. The van der Waals surface area contributed by atoms with E-state index in [0.717, 1.165) is 19.4 Å². The van der Waals surface area contributed by atoms with Crippen LogP contribution in [-0.4, -0.2) is 35.3 Å². The molecule has 2 N–H and O–H groups in total. The van der Waals surface area contributed by atoms with Crippen molar-refractivity contribution in [3.05, 3.63) is 33.9 Å². The van der Waals surface area contributed by atoms with E-state index in [-0.39, 0.29) is 23.0 Å². The van der Waals surface area contributed by atoms with E-state index >= 15 is 0 Å². The Hall–Kier alpha value is -2.15. The van der Waals surface area contributed by atoms with Gasteiger partial charge in [0.1, 0.15) is 5.69 Å². The van der Waals surface area contributed by atoms with Crippen molar-refractivity contribution in [1.82, 2.24) is 0 Å². The monoisotopic (exact) mass is 280 g/mol. The first-order valence-corrected chi connectivity index (χ1v) is 6.45. The highest BCUT2D eigenvalue weighted by Crippen LogP contribution is 2.28. The van der Waals surface area contributed by atoms with Crippen molar-refractivity contribution in [2.24, 2.45) is 0 Å². The van der Waals surface area contributed by atoms with E-state index in [0.29, 0.717) is 13.0 Å². The molecule has 1 aliphatic rings. The number of nitro benzene ring substituents is 1. The molecule has 0 amide bonds. The number of carboxylic acid groups (broad SMARTS) is 1. The molecule has 1 atom stereocenters. The maximum Gasteiger partial charge on any atom is 0.338 e. The first-order chi connectivity index (χ1) is 9.59. The number of anilines is 1. The van der Waals surface area contributed by atoms with Crippen LogP contribution in [-0.2, 0) is 4.74 Å². The summed E-state index contributed by atoms with van der Waals surface area (Å²) < 4.78 is 5.46. The average Bonchev–Trinajstić information content (AvgIpc) is 2.91. The minimum Gasteiger partial charge on any atom is -0.478 e. The van der Waals surface area contributed by atoms with Gasteiger partial charge < -0.3 is 15.2 Å². The van der Waals surface area contributed by atoms with Crippen molar-refractivity contribution < 1.29 is 19.6 Å². The zero-order chi connectivity index (χ0) is 14.5. The molecular formula is C13H16N2O5. The van der Waals surface area contributed by atoms with Crippen LogP contribution in [0.25, 0.3) is 0 Å². The lowest BCUT2D eigenvalue weighted by molar-refractivity contribution is -0.384. The van der Waals surface area contributed by atoms with Crippen LogP contribution < -0.4 is 5.32 Å². The second kappa shape index (κ2) is 6.33. The first kappa shape index (κ1) is 14.3. The number of hydrogen-bond donors (Lipinski definition) is 2. The van der Waals surface area contributed by atoms with Crippen molar-refractivity contribution in [3.63, 3.8) is 0 Å². The van der Waals surface area contributed by atoms with E-state index in [9.17, 15) is 14.9 Å². The van der Waals surface area contributed by atoms with E-state index in [4.69, 9.17) is 9.84 Å². The van der Waals surface area contributed by atoms with Gasteiger partial charge in [0.05, 0.1) is 16.6 Å². The van der Waals surface area contributed by atoms with Gasteiger partial charge >= 0.3 is 5.97 Å². The van der Waals surface area contributed by atoms with Crippen LogP contribution in [0.15, 0.2) is 18.2 Å². The normalized spacial score (nSPS) is 17.9. The summed E-state index contributed by atoms with van der Waals surface area (Å²) in [5.41, 5.74) is -0.258. The molecule has 0 bridgehead atoms. The third-order valence-electron chi connectivity index (χ3n) is 3.26.